The molecule has 0 aliphatic heterocycles. The molecular formula is C14H26N2O3. The standard InChI is InChI=1S/C14H26N2O3/c1-6-8-9-10-11(17)19-16(5)13(18)12(15)14(3,4)7-2/h9-10,12H,6-8,15H2,1-5H3/t12-/m1/s1. The van der Waals surface area contributed by atoms with E-state index in [0.29, 0.717) is 0 Å². The number of nitrogens with two attached hydrogens (primary N) is 1. The van der Waals surface area contributed by atoms with Crippen LogP contribution in [0.2, 0.25) is 0 Å². The number of likely N-dealkylation sites (N-methyl/N-ethyl adjacent to an activating group) is 1. The van der Waals surface area contributed by atoms with Crippen LogP contribution in [0.5, 0.6) is 0 Å². The molecule has 5 nitrogen and oxygen atoms in total. The van der Waals surface area contributed by atoms with Gasteiger partial charge in [-0.1, -0.05) is 40.2 Å². The lowest BCUT2D eigenvalue weighted by molar-refractivity contribution is -0.190. The average molecular weight is 270 g/mol. The van der Waals surface area contributed by atoms with Crippen LogP contribution in [0.3, 0.4) is 0 Å². The van der Waals surface area contributed by atoms with Crippen molar-refractivity contribution in [2.75, 3.05) is 7.05 Å². The first kappa shape index (κ1) is 17.6. The molecule has 0 aromatic rings. The van der Waals surface area contributed by atoms with Crippen LogP contribution in [-0.2, 0) is 14.4 Å². The highest BCUT2D eigenvalue weighted by Gasteiger charge is 2.33. The SMILES string of the molecule is CCCC=CC(=O)ON(C)C(=O)[C@@H](N)C(C)(C)CC. The normalized spacial score (nSPS) is 13.4. The summed E-state index contributed by atoms with van der Waals surface area (Å²) in [5.41, 5.74) is 5.57. The van der Waals surface area contributed by atoms with Crippen LogP contribution in [0.25, 0.3) is 0 Å². The number of amides is 1. The third-order valence-corrected chi connectivity index (χ3v) is 3.27. The maximum Gasteiger partial charge on any atom is 0.355 e. The average Bonchev–Trinajstić information content (AvgIpc) is 2.37. The van der Waals surface area contributed by atoms with Gasteiger partial charge in [-0.2, -0.15) is 5.06 Å². The van der Waals surface area contributed by atoms with Gasteiger partial charge in [-0.25, -0.2) is 4.79 Å². The van der Waals surface area contributed by atoms with Crippen molar-refractivity contribution in [1.82, 2.24) is 5.06 Å². The Bertz CT molecular complexity index is 338. The molecule has 0 unspecified atom stereocenters. The van der Waals surface area contributed by atoms with Crippen LogP contribution < -0.4 is 5.73 Å². The zero-order valence-corrected chi connectivity index (χ0v) is 12.6. The Morgan fingerprint density at radius 2 is 1.95 bits per heavy atom. The van der Waals surface area contributed by atoms with Crippen molar-refractivity contribution >= 4 is 11.9 Å². The molecule has 0 spiro atoms. The predicted octanol–water partition coefficient (Wildman–Crippen LogP) is 2.02. The number of unbranched alkanes of at least 4 members (excludes halogenated alkanes) is 1. The van der Waals surface area contributed by atoms with E-state index in [1.54, 1.807) is 6.08 Å². The van der Waals surface area contributed by atoms with Crippen LogP contribution in [0, 0.1) is 5.41 Å². The second-order valence-electron chi connectivity index (χ2n) is 5.26. The lowest BCUT2D eigenvalue weighted by Crippen LogP contribution is -2.50. The highest BCUT2D eigenvalue weighted by molar-refractivity contribution is 5.86. The molecule has 0 radical (unpaired) electrons. The van der Waals surface area contributed by atoms with E-state index in [9.17, 15) is 9.59 Å². The molecule has 0 heterocycles. The molecule has 0 aromatic carbocycles. The first-order chi connectivity index (χ1) is 8.76. The van der Waals surface area contributed by atoms with Crippen LogP contribution in [0.1, 0.15) is 47.0 Å². The molecule has 0 aliphatic rings. The molecular weight excluding hydrogens is 244 g/mol. The summed E-state index contributed by atoms with van der Waals surface area (Å²) in [5, 5.41) is 0.917. The van der Waals surface area contributed by atoms with Crippen molar-refractivity contribution in [2.24, 2.45) is 11.1 Å². The molecule has 0 bridgehead atoms. The van der Waals surface area contributed by atoms with Gasteiger partial charge in [-0.05, 0) is 18.3 Å². The monoisotopic (exact) mass is 270 g/mol. The topological polar surface area (TPSA) is 72.6 Å². The molecule has 110 valence electrons. The van der Waals surface area contributed by atoms with E-state index in [0.717, 1.165) is 24.3 Å². The molecule has 1 amide bonds. The summed E-state index contributed by atoms with van der Waals surface area (Å²) in [6.45, 7) is 7.79. The predicted molar refractivity (Wildman–Crippen MR) is 75.0 cm³/mol. The quantitative estimate of drug-likeness (QED) is 0.592. The van der Waals surface area contributed by atoms with Crippen LogP contribution >= 0.6 is 0 Å². The van der Waals surface area contributed by atoms with E-state index < -0.39 is 17.9 Å². The Hall–Kier alpha value is -1.36. The van der Waals surface area contributed by atoms with Gasteiger partial charge in [-0.3, -0.25) is 4.79 Å². The van der Waals surface area contributed by atoms with E-state index >= 15 is 0 Å². The Labute approximate surface area is 115 Å². The van der Waals surface area contributed by atoms with Crippen LogP contribution in [0.15, 0.2) is 12.2 Å². The fourth-order valence-corrected chi connectivity index (χ4v) is 1.31. The fourth-order valence-electron chi connectivity index (χ4n) is 1.31. The highest BCUT2D eigenvalue weighted by atomic mass is 16.7. The first-order valence-corrected chi connectivity index (χ1v) is 6.67. The largest absolute Gasteiger partial charge is 0.355 e. The third kappa shape index (κ3) is 5.87. The van der Waals surface area contributed by atoms with Crippen molar-refractivity contribution < 1.29 is 14.4 Å². The molecule has 0 saturated carbocycles. The second-order valence-corrected chi connectivity index (χ2v) is 5.26. The van der Waals surface area contributed by atoms with Gasteiger partial charge in [0.2, 0.25) is 0 Å². The van der Waals surface area contributed by atoms with Gasteiger partial charge in [0.05, 0.1) is 6.04 Å². The molecule has 0 aliphatic carbocycles. The van der Waals surface area contributed by atoms with E-state index in [4.69, 9.17) is 10.6 Å². The Balaban J connectivity index is 4.46. The minimum absolute atomic E-state index is 0.337. The molecule has 19 heavy (non-hydrogen) atoms. The van der Waals surface area contributed by atoms with Gasteiger partial charge in [0.25, 0.3) is 5.91 Å². The summed E-state index contributed by atoms with van der Waals surface area (Å²) < 4.78 is 0. The second kappa shape index (κ2) is 7.94. The maximum absolute atomic E-state index is 12.0. The number of nitrogens with zero attached hydrogens (tertiary/aromatic N) is 1. The fraction of sp³-hybridized carbons (Fsp3) is 0.714. The molecule has 0 fully saturated rings. The van der Waals surface area contributed by atoms with Gasteiger partial charge in [-0.15, -0.1) is 0 Å². The number of hydroxylamine groups is 2. The summed E-state index contributed by atoms with van der Waals surface area (Å²) in [6.07, 6.45) is 5.56. The molecule has 2 N–H and O–H groups in total. The number of carbonyl (C=O) groups excluding carboxylic acids is 2. The summed E-state index contributed by atoms with van der Waals surface area (Å²) in [7, 11) is 1.40. The lowest BCUT2D eigenvalue weighted by Gasteiger charge is -2.31. The van der Waals surface area contributed by atoms with Crippen molar-refractivity contribution in [1.29, 1.82) is 0 Å². The number of hydrogen-bond acceptors (Lipinski definition) is 4. The molecule has 0 saturated heterocycles. The summed E-state index contributed by atoms with van der Waals surface area (Å²) >= 11 is 0. The zero-order chi connectivity index (χ0) is 15.1. The Kier molecular flexibility index (Phi) is 7.37. The maximum atomic E-state index is 12.0. The first-order valence-electron chi connectivity index (χ1n) is 6.67. The number of hydrogen-bond donors (Lipinski definition) is 1. The van der Waals surface area contributed by atoms with Crippen molar-refractivity contribution in [2.45, 2.75) is 53.0 Å². The third-order valence-electron chi connectivity index (χ3n) is 3.27. The summed E-state index contributed by atoms with van der Waals surface area (Å²) in [5.74, 6) is -0.963. The summed E-state index contributed by atoms with van der Waals surface area (Å²) in [6, 6.07) is -0.699. The van der Waals surface area contributed by atoms with Gasteiger partial charge in [0.15, 0.2) is 0 Å². The molecule has 5 heteroatoms. The minimum atomic E-state index is -0.699. The van der Waals surface area contributed by atoms with Gasteiger partial charge < -0.3 is 10.6 Å². The van der Waals surface area contributed by atoms with Crippen LogP contribution in [-0.4, -0.2) is 30.0 Å². The summed E-state index contributed by atoms with van der Waals surface area (Å²) in [4.78, 5) is 28.3. The Morgan fingerprint density at radius 1 is 1.37 bits per heavy atom. The molecule has 0 aromatic heterocycles. The van der Waals surface area contributed by atoms with Crippen LogP contribution in [0.4, 0.5) is 0 Å². The van der Waals surface area contributed by atoms with Gasteiger partial charge in [0.1, 0.15) is 0 Å². The van der Waals surface area contributed by atoms with Crippen molar-refractivity contribution in [3.63, 3.8) is 0 Å². The number of carbonyl (C=O) groups is 2. The van der Waals surface area contributed by atoms with Crippen molar-refractivity contribution in [3.05, 3.63) is 12.2 Å². The van der Waals surface area contributed by atoms with E-state index in [1.165, 1.54) is 13.1 Å². The molecule has 1 atom stereocenters. The molecule has 0 rings (SSSR count). The lowest BCUT2D eigenvalue weighted by atomic mass is 9.82. The van der Waals surface area contributed by atoms with Gasteiger partial charge in [0, 0.05) is 13.1 Å². The van der Waals surface area contributed by atoms with E-state index in [2.05, 4.69) is 0 Å². The minimum Gasteiger partial charge on any atom is -0.334 e. The number of rotatable bonds is 6. The van der Waals surface area contributed by atoms with E-state index in [-0.39, 0.29) is 5.41 Å². The van der Waals surface area contributed by atoms with Gasteiger partial charge >= 0.3 is 5.97 Å². The van der Waals surface area contributed by atoms with E-state index in [1.807, 2.05) is 27.7 Å². The zero-order valence-electron chi connectivity index (χ0n) is 12.6. The number of allylic oxidation sites excluding steroid dienone is 1. The van der Waals surface area contributed by atoms with Crippen molar-refractivity contribution in [3.8, 4) is 0 Å². The smallest absolute Gasteiger partial charge is 0.334 e. The highest BCUT2D eigenvalue weighted by Crippen LogP contribution is 2.24. The Morgan fingerprint density at radius 3 is 2.42 bits per heavy atom.